The smallest absolute Gasteiger partial charge is 0.427 e. The van der Waals surface area contributed by atoms with Crippen molar-refractivity contribution < 1.29 is 70.3 Å². The number of rotatable bonds is 5. The lowest BCUT2D eigenvalue weighted by atomic mass is 10.0. The summed E-state index contributed by atoms with van der Waals surface area (Å²) in [7, 11) is 0. The number of aliphatic hydroxyl groups excluding tert-OH is 1. The molecule has 0 aromatic rings. The Kier molecular flexibility index (Phi) is 10.5. The van der Waals surface area contributed by atoms with Crippen molar-refractivity contribution in [2.24, 2.45) is 11.5 Å². The van der Waals surface area contributed by atoms with Crippen LogP contribution in [0.4, 0.5) is 26.3 Å². The summed E-state index contributed by atoms with van der Waals surface area (Å²) in [5.41, 5.74) is 1.21. The summed E-state index contributed by atoms with van der Waals surface area (Å²) in [6.45, 7) is 4.26. The molecule has 2 amide bonds. The third-order valence-corrected chi connectivity index (χ3v) is 4.75. The first kappa shape index (κ1) is 34.3. The lowest BCUT2D eigenvalue weighted by molar-refractivity contribution is -0.266. The molecule has 9 N–H and O–H groups in total. The SMILES string of the molecule is CC1(C)NC[C@@](C(N)=O)(C(F)(F)F)O1.CC1(C)NC[C@@](C(N)=O)(C(F)(F)F)O1.O=C(O)C[C@@H](O)C(=O)O. The molecule has 0 spiro atoms. The lowest BCUT2D eigenvalue weighted by Crippen LogP contribution is -2.58. The fourth-order valence-corrected chi connectivity index (χ4v) is 2.81. The van der Waals surface area contributed by atoms with Crippen LogP contribution >= 0.6 is 0 Å². The van der Waals surface area contributed by atoms with E-state index in [2.05, 4.69) is 20.1 Å². The molecule has 2 saturated heterocycles. The van der Waals surface area contributed by atoms with Crippen molar-refractivity contribution >= 4 is 23.8 Å². The van der Waals surface area contributed by atoms with E-state index in [9.17, 15) is 45.5 Å². The second kappa shape index (κ2) is 11.3. The highest BCUT2D eigenvalue weighted by molar-refractivity contribution is 5.86. The molecular formula is C18H28F6N4O9. The number of carbonyl (C=O) groups excluding carboxylic acids is 2. The fraction of sp³-hybridized carbons (Fsp3) is 0.778. The Balaban J connectivity index is 0.000000541. The fourth-order valence-electron chi connectivity index (χ4n) is 2.81. The highest BCUT2D eigenvalue weighted by Gasteiger charge is 2.67. The Morgan fingerprint density at radius 2 is 1.11 bits per heavy atom. The van der Waals surface area contributed by atoms with Crippen molar-refractivity contribution in [3.8, 4) is 0 Å². The van der Waals surface area contributed by atoms with E-state index in [1.165, 1.54) is 27.7 Å². The molecule has 0 unspecified atom stereocenters. The molecule has 2 aliphatic heterocycles. The second-order valence-corrected chi connectivity index (χ2v) is 8.76. The quantitative estimate of drug-likeness (QED) is 0.206. The summed E-state index contributed by atoms with van der Waals surface area (Å²) in [4.78, 5) is 41.0. The average Bonchev–Trinajstić information content (AvgIpc) is 3.19. The third-order valence-electron chi connectivity index (χ3n) is 4.75. The molecule has 0 radical (unpaired) electrons. The minimum Gasteiger partial charge on any atom is -0.481 e. The summed E-state index contributed by atoms with van der Waals surface area (Å²) in [5.74, 6) is -5.89. The number of nitrogens with two attached hydrogens (primary N) is 2. The number of aliphatic carboxylic acids is 2. The Hall–Kier alpha value is -2.74. The summed E-state index contributed by atoms with van der Waals surface area (Å²) >= 11 is 0. The van der Waals surface area contributed by atoms with E-state index in [-0.39, 0.29) is 0 Å². The van der Waals surface area contributed by atoms with Gasteiger partial charge in [-0.3, -0.25) is 25.0 Å². The Morgan fingerprint density at radius 3 is 1.19 bits per heavy atom. The zero-order valence-electron chi connectivity index (χ0n) is 19.9. The summed E-state index contributed by atoms with van der Waals surface area (Å²) in [5, 5.41) is 29.0. The zero-order valence-corrected chi connectivity index (χ0v) is 19.9. The van der Waals surface area contributed by atoms with Crippen LogP contribution in [0.15, 0.2) is 0 Å². The maximum atomic E-state index is 12.5. The number of hydrogen-bond acceptors (Lipinski definition) is 9. The number of alkyl halides is 6. The molecule has 0 bridgehead atoms. The predicted octanol–water partition coefficient (Wildman–Crippen LogP) is -0.836. The lowest BCUT2D eigenvalue weighted by Gasteiger charge is -2.29. The number of halogens is 6. The second-order valence-electron chi connectivity index (χ2n) is 8.76. The first-order valence-corrected chi connectivity index (χ1v) is 10.0. The number of ether oxygens (including phenoxy) is 2. The number of hydrogen-bond donors (Lipinski definition) is 7. The molecule has 0 aromatic carbocycles. The van der Waals surface area contributed by atoms with Gasteiger partial charge in [0.15, 0.2) is 6.10 Å². The van der Waals surface area contributed by atoms with Gasteiger partial charge in [0.2, 0.25) is 0 Å². The molecule has 0 aliphatic carbocycles. The van der Waals surface area contributed by atoms with Gasteiger partial charge in [-0.15, -0.1) is 0 Å². The minimum absolute atomic E-state index is 0.654. The molecule has 3 atom stereocenters. The zero-order chi connectivity index (χ0) is 29.8. The van der Waals surface area contributed by atoms with Gasteiger partial charge >= 0.3 is 24.3 Å². The largest absolute Gasteiger partial charge is 0.481 e. The van der Waals surface area contributed by atoms with Gasteiger partial charge in [-0.2, -0.15) is 26.3 Å². The van der Waals surface area contributed by atoms with Gasteiger partial charge in [-0.25, -0.2) is 4.79 Å². The van der Waals surface area contributed by atoms with E-state index >= 15 is 0 Å². The summed E-state index contributed by atoms with van der Waals surface area (Å²) < 4.78 is 84.6. The number of carboxylic acids is 2. The van der Waals surface area contributed by atoms with Crippen molar-refractivity contribution in [3.05, 3.63) is 0 Å². The van der Waals surface area contributed by atoms with E-state index in [4.69, 9.17) is 26.8 Å². The standard InChI is InChI=1S/2C7H11F3N2O2.C4H6O5/c2*1-5(2)12-3-6(14-5,4(11)13)7(8,9)10;5-2(4(8)9)1-3(6)7/h2*12H,3H2,1-2H3,(H2,11,13);2,5H,1H2,(H,6,7)(H,8,9)/t2*6-;2-/m111/s1. The molecule has 2 rings (SSSR count). The van der Waals surface area contributed by atoms with Gasteiger partial charge < -0.3 is 36.3 Å². The first-order chi connectivity index (χ1) is 16.3. The maximum absolute atomic E-state index is 12.5. The van der Waals surface area contributed by atoms with Crippen LogP contribution < -0.4 is 22.1 Å². The number of aliphatic hydroxyl groups is 1. The monoisotopic (exact) mass is 558 g/mol. The first-order valence-electron chi connectivity index (χ1n) is 10.0. The van der Waals surface area contributed by atoms with E-state index in [1.807, 2.05) is 0 Å². The molecule has 216 valence electrons. The number of amides is 2. The van der Waals surface area contributed by atoms with Crippen LogP contribution in [0.25, 0.3) is 0 Å². The number of carbonyl (C=O) groups is 4. The third kappa shape index (κ3) is 8.66. The summed E-state index contributed by atoms with van der Waals surface area (Å²) in [6, 6.07) is 0. The molecule has 13 nitrogen and oxygen atoms in total. The van der Waals surface area contributed by atoms with E-state index in [0.29, 0.717) is 0 Å². The van der Waals surface area contributed by atoms with E-state index < -0.39 is 84.4 Å². The minimum atomic E-state index is -4.81. The van der Waals surface area contributed by atoms with Crippen LogP contribution in [0.3, 0.4) is 0 Å². The number of nitrogens with one attached hydrogen (secondary N) is 2. The molecule has 2 heterocycles. The average molecular weight is 558 g/mol. The van der Waals surface area contributed by atoms with Crippen LogP contribution in [-0.4, -0.2) is 93.3 Å². The van der Waals surface area contributed by atoms with Crippen LogP contribution in [0.5, 0.6) is 0 Å². The van der Waals surface area contributed by atoms with Crippen molar-refractivity contribution in [2.45, 2.75) is 75.2 Å². The maximum Gasteiger partial charge on any atom is 0.427 e. The van der Waals surface area contributed by atoms with Crippen LogP contribution in [0.2, 0.25) is 0 Å². The van der Waals surface area contributed by atoms with E-state index in [0.717, 1.165) is 0 Å². The van der Waals surface area contributed by atoms with Gasteiger partial charge in [0, 0.05) is 13.1 Å². The van der Waals surface area contributed by atoms with Crippen LogP contribution in [0.1, 0.15) is 34.1 Å². The van der Waals surface area contributed by atoms with Gasteiger partial charge in [-0.05, 0) is 27.7 Å². The molecular weight excluding hydrogens is 530 g/mol. The van der Waals surface area contributed by atoms with Gasteiger partial charge in [0.25, 0.3) is 23.0 Å². The van der Waals surface area contributed by atoms with Crippen molar-refractivity contribution in [1.82, 2.24) is 10.6 Å². The van der Waals surface area contributed by atoms with Gasteiger partial charge in [0.1, 0.15) is 11.4 Å². The molecule has 0 saturated carbocycles. The normalized spacial score (nSPS) is 27.1. The molecule has 37 heavy (non-hydrogen) atoms. The van der Waals surface area contributed by atoms with Crippen LogP contribution in [0, 0.1) is 0 Å². The highest BCUT2D eigenvalue weighted by atomic mass is 19.4. The molecule has 2 fully saturated rings. The van der Waals surface area contributed by atoms with Gasteiger partial charge in [0.05, 0.1) is 6.42 Å². The Morgan fingerprint density at radius 1 is 0.811 bits per heavy atom. The highest BCUT2D eigenvalue weighted by Crippen LogP contribution is 2.40. The van der Waals surface area contributed by atoms with Gasteiger partial charge in [-0.1, -0.05) is 0 Å². The number of primary amides is 2. The van der Waals surface area contributed by atoms with Crippen LogP contribution in [-0.2, 0) is 28.7 Å². The predicted molar refractivity (Wildman–Crippen MR) is 108 cm³/mol. The van der Waals surface area contributed by atoms with Crippen molar-refractivity contribution in [2.75, 3.05) is 13.1 Å². The molecule has 0 aromatic heterocycles. The molecule has 2 aliphatic rings. The molecule has 19 heteroatoms. The van der Waals surface area contributed by atoms with E-state index in [1.54, 1.807) is 0 Å². The topological polar surface area (TPSA) is 224 Å². The Bertz CT molecular complexity index is 827. The summed E-state index contributed by atoms with van der Waals surface area (Å²) in [6.07, 6.45) is -12.2. The Labute approximate surface area is 205 Å². The van der Waals surface area contributed by atoms with Crippen molar-refractivity contribution in [3.63, 3.8) is 0 Å². The van der Waals surface area contributed by atoms with Crippen molar-refractivity contribution in [1.29, 1.82) is 0 Å². The number of carboxylic acid groups (broad SMARTS) is 2.